The Morgan fingerprint density at radius 1 is 1.44 bits per heavy atom. The molecule has 0 spiro atoms. The van der Waals surface area contributed by atoms with E-state index in [2.05, 4.69) is 10.3 Å². The van der Waals surface area contributed by atoms with Crippen molar-refractivity contribution in [1.29, 1.82) is 0 Å². The molecule has 7 heteroatoms. The van der Waals surface area contributed by atoms with Crippen molar-refractivity contribution in [1.82, 2.24) is 5.48 Å². The van der Waals surface area contributed by atoms with Crippen molar-refractivity contribution in [3.8, 4) is 5.75 Å². The number of ether oxygens (including phenoxy) is 1. The lowest BCUT2D eigenvalue weighted by Crippen LogP contribution is -2.21. The van der Waals surface area contributed by atoms with Crippen LogP contribution in [0.5, 0.6) is 5.75 Å². The molecule has 16 heavy (non-hydrogen) atoms. The summed E-state index contributed by atoms with van der Waals surface area (Å²) < 4.78 is 4.80. The zero-order valence-corrected chi connectivity index (χ0v) is 8.72. The summed E-state index contributed by atoms with van der Waals surface area (Å²) in [6.45, 7) is 0. The summed E-state index contributed by atoms with van der Waals surface area (Å²) in [5.74, 6) is -0.466. The number of hydrogen-bond donors (Lipinski definition) is 1. The third-order valence-electron chi connectivity index (χ3n) is 1.83. The summed E-state index contributed by atoms with van der Waals surface area (Å²) in [4.78, 5) is 25.8. The fourth-order valence-electron chi connectivity index (χ4n) is 1.13. The quantitative estimate of drug-likeness (QED) is 0.608. The monoisotopic (exact) mass is 226 g/mol. The van der Waals surface area contributed by atoms with E-state index in [9.17, 15) is 14.9 Å². The third-order valence-corrected chi connectivity index (χ3v) is 1.83. The summed E-state index contributed by atoms with van der Waals surface area (Å²) in [5.41, 5.74) is 1.91. The van der Waals surface area contributed by atoms with Crippen LogP contribution in [0, 0.1) is 10.1 Å². The normalized spacial score (nSPS) is 9.62. The van der Waals surface area contributed by atoms with Crippen molar-refractivity contribution in [3.05, 3.63) is 33.9 Å². The lowest BCUT2D eigenvalue weighted by Gasteiger charge is -2.04. The maximum absolute atomic E-state index is 11.3. The van der Waals surface area contributed by atoms with E-state index >= 15 is 0 Å². The minimum Gasteiger partial charge on any atom is -0.490 e. The average molecular weight is 226 g/mol. The highest BCUT2D eigenvalue weighted by atomic mass is 16.6. The largest absolute Gasteiger partial charge is 0.490 e. The van der Waals surface area contributed by atoms with Gasteiger partial charge in [-0.05, 0) is 12.1 Å². The van der Waals surface area contributed by atoms with Crippen LogP contribution in [0.2, 0.25) is 0 Å². The van der Waals surface area contributed by atoms with Crippen molar-refractivity contribution < 1.29 is 19.3 Å². The highest BCUT2D eigenvalue weighted by Gasteiger charge is 2.17. The zero-order valence-electron chi connectivity index (χ0n) is 8.72. The number of nitrogens with one attached hydrogen (secondary N) is 1. The predicted octanol–water partition coefficient (Wildman–Crippen LogP) is 0.895. The number of nitro benzene ring substituents is 1. The number of nitro groups is 1. The lowest BCUT2D eigenvalue weighted by molar-refractivity contribution is -0.385. The second-order valence-corrected chi connectivity index (χ2v) is 2.78. The van der Waals surface area contributed by atoms with Crippen molar-refractivity contribution in [3.63, 3.8) is 0 Å². The summed E-state index contributed by atoms with van der Waals surface area (Å²) in [6.07, 6.45) is 0. The van der Waals surface area contributed by atoms with Gasteiger partial charge in [0.25, 0.3) is 5.91 Å². The van der Waals surface area contributed by atoms with Gasteiger partial charge in [-0.2, -0.15) is 0 Å². The fourth-order valence-corrected chi connectivity index (χ4v) is 1.13. The van der Waals surface area contributed by atoms with Crippen LogP contribution in [0.4, 0.5) is 5.69 Å². The number of amides is 1. The minimum absolute atomic E-state index is 0.0963. The van der Waals surface area contributed by atoms with Crippen molar-refractivity contribution in [2.24, 2.45) is 0 Å². The van der Waals surface area contributed by atoms with Crippen molar-refractivity contribution in [2.75, 3.05) is 14.2 Å². The fraction of sp³-hybridized carbons (Fsp3) is 0.222. The van der Waals surface area contributed by atoms with E-state index in [1.165, 1.54) is 26.4 Å². The number of carbonyl (C=O) groups is 1. The van der Waals surface area contributed by atoms with Crippen LogP contribution >= 0.6 is 0 Å². The van der Waals surface area contributed by atoms with Gasteiger partial charge >= 0.3 is 5.69 Å². The molecule has 0 aliphatic rings. The molecule has 1 N–H and O–H groups in total. The summed E-state index contributed by atoms with van der Waals surface area (Å²) >= 11 is 0. The number of methoxy groups -OCH3 is 1. The highest BCUT2D eigenvalue weighted by Crippen LogP contribution is 2.27. The SMILES string of the molecule is CONC(=O)c1ccc(OC)c([N+](=O)[O-])c1. The molecule has 0 aliphatic heterocycles. The summed E-state index contributed by atoms with van der Waals surface area (Å²) in [6, 6.07) is 3.87. The maximum atomic E-state index is 11.3. The Morgan fingerprint density at radius 3 is 2.62 bits per heavy atom. The molecule has 1 aromatic carbocycles. The predicted molar refractivity (Wildman–Crippen MR) is 54.1 cm³/mol. The highest BCUT2D eigenvalue weighted by molar-refractivity contribution is 5.94. The summed E-state index contributed by atoms with van der Waals surface area (Å²) in [5, 5.41) is 10.7. The molecule has 0 radical (unpaired) electrons. The number of nitrogens with zero attached hydrogens (tertiary/aromatic N) is 1. The van der Waals surface area contributed by atoms with Gasteiger partial charge in [-0.15, -0.1) is 0 Å². The molecule has 1 aromatic rings. The molecule has 0 fully saturated rings. The molecule has 0 atom stereocenters. The molecule has 0 saturated carbocycles. The Morgan fingerprint density at radius 2 is 2.12 bits per heavy atom. The molecule has 0 saturated heterocycles. The van der Waals surface area contributed by atoms with E-state index in [1.807, 2.05) is 0 Å². The van der Waals surface area contributed by atoms with E-state index in [4.69, 9.17) is 4.74 Å². The van der Waals surface area contributed by atoms with Crippen molar-refractivity contribution in [2.45, 2.75) is 0 Å². The first kappa shape index (κ1) is 11.9. The van der Waals surface area contributed by atoms with E-state index < -0.39 is 10.8 Å². The van der Waals surface area contributed by atoms with Crippen LogP contribution in [0.1, 0.15) is 10.4 Å². The van der Waals surface area contributed by atoms with Gasteiger partial charge in [-0.25, -0.2) is 5.48 Å². The molecule has 0 unspecified atom stereocenters. The lowest BCUT2D eigenvalue weighted by atomic mass is 10.2. The van der Waals surface area contributed by atoms with Crippen molar-refractivity contribution >= 4 is 11.6 Å². The van der Waals surface area contributed by atoms with Gasteiger partial charge in [0.2, 0.25) is 0 Å². The second kappa shape index (κ2) is 5.08. The maximum Gasteiger partial charge on any atom is 0.311 e. The van der Waals surface area contributed by atoms with E-state index in [0.717, 1.165) is 6.07 Å². The number of rotatable bonds is 4. The molecule has 0 bridgehead atoms. The first-order valence-corrected chi connectivity index (χ1v) is 4.26. The van der Waals surface area contributed by atoms with Gasteiger partial charge in [-0.3, -0.25) is 19.7 Å². The molecule has 0 aromatic heterocycles. The van der Waals surface area contributed by atoms with E-state index in [-0.39, 0.29) is 17.0 Å². The summed E-state index contributed by atoms with van der Waals surface area (Å²) in [7, 11) is 2.59. The molecular weight excluding hydrogens is 216 g/mol. The average Bonchev–Trinajstić information content (AvgIpc) is 2.28. The first-order chi connectivity index (χ1) is 7.60. The Labute approximate surface area is 91.1 Å². The number of hydroxylamine groups is 1. The zero-order chi connectivity index (χ0) is 12.1. The first-order valence-electron chi connectivity index (χ1n) is 4.26. The third kappa shape index (κ3) is 2.45. The van der Waals surface area contributed by atoms with Crippen LogP contribution in [-0.2, 0) is 4.84 Å². The molecule has 1 rings (SSSR count). The molecule has 86 valence electrons. The van der Waals surface area contributed by atoms with Crippen LogP contribution in [0.25, 0.3) is 0 Å². The Hall–Kier alpha value is -2.15. The van der Waals surface area contributed by atoms with Gasteiger partial charge in [0, 0.05) is 11.6 Å². The van der Waals surface area contributed by atoms with Crippen LogP contribution < -0.4 is 10.2 Å². The Balaban J connectivity index is 3.11. The minimum atomic E-state index is -0.623. The molecule has 1 amide bonds. The molecule has 0 aliphatic carbocycles. The van der Waals surface area contributed by atoms with Crippen LogP contribution in [-0.4, -0.2) is 25.1 Å². The van der Waals surface area contributed by atoms with Gasteiger partial charge < -0.3 is 4.74 Å². The van der Waals surface area contributed by atoms with Gasteiger partial charge in [0.1, 0.15) is 0 Å². The Bertz CT molecular complexity index is 418. The topological polar surface area (TPSA) is 90.7 Å². The number of benzene rings is 1. The van der Waals surface area contributed by atoms with E-state index in [1.54, 1.807) is 0 Å². The molecular formula is C9H10N2O5. The van der Waals surface area contributed by atoms with Gasteiger partial charge in [-0.1, -0.05) is 0 Å². The van der Waals surface area contributed by atoms with Gasteiger partial charge in [0.15, 0.2) is 5.75 Å². The molecule has 0 heterocycles. The Kier molecular flexibility index (Phi) is 3.78. The van der Waals surface area contributed by atoms with Crippen LogP contribution in [0.15, 0.2) is 18.2 Å². The number of hydrogen-bond acceptors (Lipinski definition) is 5. The molecule has 7 nitrogen and oxygen atoms in total. The standard InChI is InChI=1S/C9H10N2O5/c1-15-8-4-3-6(9(12)10-16-2)5-7(8)11(13)14/h3-5H,1-2H3,(H,10,12). The van der Waals surface area contributed by atoms with Crippen LogP contribution in [0.3, 0.4) is 0 Å². The van der Waals surface area contributed by atoms with Gasteiger partial charge in [0.05, 0.1) is 19.1 Å². The van der Waals surface area contributed by atoms with E-state index in [0.29, 0.717) is 0 Å². The smallest absolute Gasteiger partial charge is 0.311 e. The second-order valence-electron chi connectivity index (χ2n) is 2.78. The number of carbonyl (C=O) groups excluding carboxylic acids is 1.